The van der Waals surface area contributed by atoms with Gasteiger partial charge in [0.1, 0.15) is 0 Å². The average molecular weight is 296 g/mol. The monoisotopic (exact) mass is 295 g/mol. The van der Waals surface area contributed by atoms with E-state index in [2.05, 4.69) is 34.2 Å². The van der Waals surface area contributed by atoms with E-state index in [1.807, 2.05) is 12.1 Å². The second-order valence-electron chi connectivity index (χ2n) is 5.41. The maximum atomic E-state index is 5.93. The summed E-state index contributed by atoms with van der Waals surface area (Å²) in [6.07, 6.45) is 2.55. The van der Waals surface area contributed by atoms with Crippen molar-refractivity contribution in [2.75, 3.05) is 50.7 Å². The first-order valence-corrected chi connectivity index (χ1v) is 8.11. The van der Waals surface area contributed by atoms with Crippen LogP contribution in [-0.4, -0.2) is 50.7 Å². The third-order valence-electron chi connectivity index (χ3n) is 3.88. The number of nitrogens with one attached hydrogen (secondary N) is 1. The van der Waals surface area contributed by atoms with E-state index < -0.39 is 0 Å². The molecule has 0 aromatic heterocycles. The standard InChI is InChI=1S/C16H26ClN3/c1-2-3-8-18-9-10-19-11-13-20(14-12-19)16-6-4-15(17)5-7-16/h4-7,18H,2-3,8-14H2,1H3. The van der Waals surface area contributed by atoms with Crippen LogP contribution in [0, 0.1) is 0 Å². The first-order chi connectivity index (χ1) is 9.79. The summed E-state index contributed by atoms with van der Waals surface area (Å²) in [5.41, 5.74) is 1.29. The van der Waals surface area contributed by atoms with Crippen LogP contribution >= 0.6 is 11.6 Å². The fourth-order valence-electron chi connectivity index (χ4n) is 2.55. The van der Waals surface area contributed by atoms with Crippen LogP contribution in [-0.2, 0) is 0 Å². The van der Waals surface area contributed by atoms with Crippen molar-refractivity contribution >= 4 is 17.3 Å². The molecule has 112 valence electrons. The highest BCUT2D eigenvalue weighted by Gasteiger charge is 2.16. The van der Waals surface area contributed by atoms with Crippen molar-refractivity contribution in [2.45, 2.75) is 19.8 Å². The van der Waals surface area contributed by atoms with Crippen LogP contribution in [0.3, 0.4) is 0 Å². The van der Waals surface area contributed by atoms with Gasteiger partial charge in [0, 0.05) is 50.0 Å². The molecule has 0 spiro atoms. The van der Waals surface area contributed by atoms with Gasteiger partial charge < -0.3 is 10.2 Å². The Hall–Kier alpha value is -0.770. The highest BCUT2D eigenvalue weighted by atomic mass is 35.5. The maximum absolute atomic E-state index is 5.93. The molecule has 1 fully saturated rings. The zero-order valence-corrected chi connectivity index (χ0v) is 13.2. The van der Waals surface area contributed by atoms with Gasteiger partial charge in [-0.05, 0) is 37.2 Å². The quantitative estimate of drug-likeness (QED) is 0.781. The molecule has 2 rings (SSSR count). The van der Waals surface area contributed by atoms with Crippen LogP contribution in [0.5, 0.6) is 0 Å². The Morgan fingerprint density at radius 2 is 1.75 bits per heavy atom. The molecule has 1 aliphatic heterocycles. The van der Waals surface area contributed by atoms with E-state index in [1.54, 1.807) is 0 Å². The zero-order chi connectivity index (χ0) is 14.2. The van der Waals surface area contributed by atoms with Gasteiger partial charge in [-0.25, -0.2) is 0 Å². The van der Waals surface area contributed by atoms with Gasteiger partial charge in [-0.15, -0.1) is 0 Å². The summed E-state index contributed by atoms with van der Waals surface area (Å²) in [6.45, 7) is 10.2. The van der Waals surface area contributed by atoms with Gasteiger partial charge in [-0.3, -0.25) is 4.90 Å². The third-order valence-corrected chi connectivity index (χ3v) is 4.13. The number of hydrogen-bond acceptors (Lipinski definition) is 3. The molecular formula is C16H26ClN3. The molecule has 1 aromatic rings. The van der Waals surface area contributed by atoms with Gasteiger partial charge in [0.2, 0.25) is 0 Å². The van der Waals surface area contributed by atoms with Crippen LogP contribution in [0.1, 0.15) is 19.8 Å². The van der Waals surface area contributed by atoms with Gasteiger partial charge in [-0.2, -0.15) is 0 Å². The minimum atomic E-state index is 0.811. The lowest BCUT2D eigenvalue weighted by Crippen LogP contribution is -2.48. The fourth-order valence-corrected chi connectivity index (χ4v) is 2.67. The van der Waals surface area contributed by atoms with Crippen molar-refractivity contribution in [1.82, 2.24) is 10.2 Å². The van der Waals surface area contributed by atoms with Crippen molar-refractivity contribution in [1.29, 1.82) is 0 Å². The Labute approximate surface area is 127 Å². The number of piperazine rings is 1. The second kappa shape index (κ2) is 8.50. The summed E-state index contributed by atoms with van der Waals surface area (Å²) in [7, 11) is 0. The SMILES string of the molecule is CCCCNCCN1CCN(c2ccc(Cl)cc2)CC1. The summed E-state index contributed by atoms with van der Waals surface area (Å²) in [6, 6.07) is 8.18. The molecule has 1 saturated heterocycles. The molecule has 4 heteroatoms. The minimum Gasteiger partial charge on any atom is -0.369 e. The van der Waals surface area contributed by atoms with E-state index in [-0.39, 0.29) is 0 Å². The van der Waals surface area contributed by atoms with E-state index in [9.17, 15) is 0 Å². The molecule has 1 heterocycles. The van der Waals surface area contributed by atoms with Gasteiger partial charge in [0.15, 0.2) is 0 Å². The van der Waals surface area contributed by atoms with Crippen molar-refractivity contribution in [3.05, 3.63) is 29.3 Å². The number of anilines is 1. The van der Waals surface area contributed by atoms with E-state index >= 15 is 0 Å². The molecule has 1 aromatic carbocycles. The molecule has 0 bridgehead atoms. The van der Waals surface area contributed by atoms with Gasteiger partial charge in [0.25, 0.3) is 0 Å². The fraction of sp³-hybridized carbons (Fsp3) is 0.625. The average Bonchev–Trinajstić information content (AvgIpc) is 2.49. The van der Waals surface area contributed by atoms with Crippen molar-refractivity contribution in [2.24, 2.45) is 0 Å². The normalized spacial score (nSPS) is 16.6. The molecular weight excluding hydrogens is 270 g/mol. The van der Waals surface area contributed by atoms with Crippen LogP contribution < -0.4 is 10.2 Å². The zero-order valence-electron chi connectivity index (χ0n) is 12.4. The largest absolute Gasteiger partial charge is 0.369 e. The smallest absolute Gasteiger partial charge is 0.0407 e. The van der Waals surface area contributed by atoms with E-state index in [1.165, 1.54) is 18.5 Å². The molecule has 0 unspecified atom stereocenters. The summed E-state index contributed by atoms with van der Waals surface area (Å²) in [4.78, 5) is 4.99. The topological polar surface area (TPSA) is 18.5 Å². The number of nitrogens with zero attached hydrogens (tertiary/aromatic N) is 2. The lowest BCUT2D eigenvalue weighted by atomic mass is 10.2. The molecule has 0 radical (unpaired) electrons. The van der Waals surface area contributed by atoms with Gasteiger partial charge >= 0.3 is 0 Å². The van der Waals surface area contributed by atoms with Gasteiger partial charge in [-0.1, -0.05) is 24.9 Å². The number of rotatable bonds is 7. The number of unbranched alkanes of at least 4 members (excludes halogenated alkanes) is 1. The summed E-state index contributed by atoms with van der Waals surface area (Å²) in [5.74, 6) is 0. The van der Waals surface area contributed by atoms with Crippen molar-refractivity contribution in [3.8, 4) is 0 Å². The molecule has 0 saturated carbocycles. The van der Waals surface area contributed by atoms with Crippen LogP contribution in [0.2, 0.25) is 5.02 Å². The molecule has 0 aliphatic carbocycles. The predicted octanol–water partition coefficient (Wildman–Crippen LogP) is 2.85. The van der Waals surface area contributed by atoms with Crippen molar-refractivity contribution in [3.63, 3.8) is 0 Å². The van der Waals surface area contributed by atoms with Gasteiger partial charge in [0.05, 0.1) is 0 Å². The van der Waals surface area contributed by atoms with Crippen molar-refractivity contribution < 1.29 is 0 Å². The van der Waals surface area contributed by atoms with E-state index in [4.69, 9.17) is 11.6 Å². The number of halogens is 1. The molecule has 20 heavy (non-hydrogen) atoms. The first kappa shape index (κ1) is 15.6. The Bertz CT molecular complexity index is 372. The molecule has 0 atom stereocenters. The summed E-state index contributed by atoms with van der Waals surface area (Å²) < 4.78 is 0. The van der Waals surface area contributed by atoms with Crippen LogP contribution in [0.25, 0.3) is 0 Å². The molecule has 1 N–H and O–H groups in total. The van der Waals surface area contributed by atoms with E-state index in [0.29, 0.717) is 0 Å². The second-order valence-corrected chi connectivity index (χ2v) is 5.85. The highest BCUT2D eigenvalue weighted by Crippen LogP contribution is 2.19. The van der Waals surface area contributed by atoms with Crippen LogP contribution in [0.4, 0.5) is 5.69 Å². The molecule has 3 nitrogen and oxygen atoms in total. The Morgan fingerprint density at radius 3 is 2.40 bits per heavy atom. The lowest BCUT2D eigenvalue weighted by Gasteiger charge is -2.36. The number of hydrogen-bond donors (Lipinski definition) is 1. The predicted molar refractivity (Wildman–Crippen MR) is 87.9 cm³/mol. The molecule has 1 aliphatic rings. The number of benzene rings is 1. The first-order valence-electron chi connectivity index (χ1n) is 7.73. The van der Waals surface area contributed by atoms with E-state index in [0.717, 1.165) is 50.8 Å². The van der Waals surface area contributed by atoms with Crippen LogP contribution in [0.15, 0.2) is 24.3 Å². The third kappa shape index (κ3) is 4.97. The lowest BCUT2D eigenvalue weighted by molar-refractivity contribution is 0.257. The summed E-state index contributed by atoms with van der Waals surface area (Å²) in [5, 5.41) is 4.32. The molecule has 0 amide bonds. The Kier molecular flexibility index (Phi) is 6.64. The Balaban J connectivity index is 1.66. The highest BCUT2D eigenvalue weighted by molar-refractivity contribution is 6.30. The summed E-state index contributed by atoms with van der Waals surface area (Å²) >= 11 is 5.93. The minimum absolute atomic E-state index is 0.811. The maximum Gasteiger partial charge on any atom is 0.0407 e. The Morgan fingerprint density at radius 1 is 1.05 bits per heavy atom.